The lowest BCUT2D eigenvalue weighted by Crippen LogP contribution is -2.48. The van der Waals surface area contributed by atoms with Gasteiger partial charge >= 0.3 is 0 Å². The molecule has 0 aromatic carbocycles. The molecule has 23 heavy (non-hydrogen) atoms. The van der Waals surface area contributed by atoms with E-state index < -0.39 is 0 Å². The van der Waals surface area contributed by atoms with Crippen LogP contribution in [0.5, 0.6) is 0 Å². The predicted molar refractivity (Wildman–Crippen MR) is 88.2 cm³/mol. The minimum Gasteiger partial charge on any atom is -0.345 e. The van der Waals surface area contributed by atoms with Gasteiger partial charge in [0.25, 0.3) is 5.91 Å². The molecule has 1 fully saturated rings. The minimum absolute atomic E-state index is 0.119. The first-order valence-corrected chi connectivity index (χ1v) is 8.05. The molecule has 1 aliphatic heterocycles. The van der Waals surface area contributed by atoms with Crippen LogP contribution in [0.25, 0.3) is 0 Å². The Balaban J connectivity index is 1.82. The van der Waals surface area contributed by atoms with Crippen LogP contribution in [0.15, 0.2) is 29.4 Å². The number of nitrogens with zero attached hydrogens (tertiary/aromatic N) is 2. The number of hydrazine groups is 1. The molecule has 0 saturated carbocycles. The number of carbonyl (C=O) groups is 3. The number of nitrogens with one attached hydrogen (secondary N) is 2. The highest BCUT2D eigenvalue weighted by molar-refractivity contribution is 9.10. The molecule has 3 amide bonds. The summed E-state index contributed by atoms with van der Waals surface area (Å²) in [4.78, 5) is 37.3. The zero-order valence-corrected chi connectivity index (χ0v) is 14.4. The van der Waals surface area contributed by atoms with Crippen molar-refractivity contribution < 1.29 is 14.4 Å². The Labute approximate surface area is 142 Å². The van der Waals surface area contributed by atoms with E-state index in [4.69, 9.17) is 0 Å². The number of aromatic nitrogens is 1. The summed E-state index contributed by atoms with van der Waals surface area (Å²) in [5.41, 5.74) is 5.31. The van der Waals surface area contributed by atoms with Crippen LogP contribution in [0.2, 0.25) is 0 Å². The third kappa shape index (κ3) is 4.22. The van der Waals surface area contributed by atoms with Crippen molar-refractivity contribution in [1.82, 2.24) is 20.3 Å². The summed E-state index contributed by atoms with van der Waals surface area (Å²) in [6, 6.07) is 1.67. The highest BCUT2D eigenvalue weighted by atomic mass is 79.9. The van der Waals surface area contributed by atoms with Crippen molar-refractivity contribution in [2.75, 3.05) is 13.1 Å². The van der Waals surface area contributed by atoms with E-state index in [2.05, 4.69) is 33.4 Å². The van der Waals surface area contributed by atoms with E-state index in [-0.39, 0.29) is 23.6 Å². The topological polar surface area (TPSA) is 83.4 Å². The van der Waals surface area contributed by atoms with Gasteiger partial charge in [0.15, 0.2) is 0 Å². The SMILES string of the molecule is C=CC(=O)N1CCC(C(=O)NNC(=O)c2cc(Br)cn2C)CC1. The Morgan fingerprint density at radius 1 is 1.30 bits per heavy atom. The molecule has 1 aromatic rings. The summed E-state index contributed by atoms with van der Waals surface area (Å²) in [5.74, 6) is -0.959. The first-order chi connectivity index (χ1) is 10.9. The lowest BCUT2D eigenvalue weighted by atomic mass is 9.96. The Bertz CT molecular complexity index is 633. The number of hydrogen-bond acceptors (Lipinski definition) is 3. The van der Waals surface area contributed by atoms with E-state index in [1.54, 1.807) is 28.8 Å². The second-order valence-corrected chi connectivity index (χ2v) is 6.32. The van der Waals surface area contributed by atoms with Gasteiger partial charge in [0.2, 0.25) is 11.8 Å². The zero-order valence-electron chi connectivity index (χ0n) is 12.8. The smallest absolute Gasteiger partial charge is 0.286 e. The number of likely N-dealkylation sites (tertiary alicyclic amines) is 1. The van der Waals surface area contributed by atoms with E-state index in [9.17, 15) is 14.4 Å². The monoisotopic (exact) mass is 382 g/mol. The highest BCUT2D eigenvalue weighted by Gasteiger charge is 2.26. The molecule has 0 unspecified atom stereocenters. The molecule has 0 atom stereocenters. The highest BCUT2D eigenvalue weighted by Crippen LogP contribution is 2.17. The van der Waals surface area contributed by atoms with Crippen molar-refractivity contribution in [3.63, 3.8) is 0 Å². The lowest BCUT2D eigenvalue weighted by molar-refractivity contribution is -0.132. The molecule has 0 aliphatic carbocycles. The van der Waals surface area contributed by atoms with E-state index >= 15 is 0 Å². The second-order valence-electron chi connectivity index (χ2n) is 5.40. The summed E-state index contributed by atoms with van der Waals surface area (Å²) in [6.45, 7) is 4.48. The predicted octanol–water partition coefficient (Wildman–Crippen LogP) is 0.973. The standard InChI is InChI=1S/C15H19BrN4O3/c1-3-13(21)20-6-4-10(5-7-20)14(22)17-18-15(23)12-8-11(16)9-19(12)2/h3,8-10H,1,4-7H2,2H3,(H,17,22)(H,18,23). The van der Waals surface area contributed by atoms with E-state index in [1.165, 1.54) is 6.08 Å². The molecule has 124 valence electrons. The Kier molecular flexibility index (Phi) is 5.59. The number of piperidine rings is 1. The number of carbonyl (C=O) groups excluding carboxylic acids is 3. The molecule has 0 spiro atoms. The molecule has 0 radical (unpaired) electrons. The fourth-order valence-corrected chi connectivity index (χ4v) is 3.05. The molecule has 2 rings (SSSR count). The van der Waals surface area contributed by atoms with Gasteiger partial charge in [-0.2, -0.15) is 0 Å². The summed E-state index contributed by atoms with van der Waals surface area (Å²) < 4.78 is 2.45. The van der Waals surface area contributed by atoms with Gasteiger partial charge < -0.3 is 9.47 Å². The summed E-state index contributed by atoms with van der Waals surface area (Å²) >= 11 is 3.29. The molecule has 1 saturated heterocycles. The Hall–Kier alpha value is -2.09. The van der Waals surface area contributed by atoms with Crippen LogP contribution in [-0.4, -0.2) is 40.3 Å². The van der Waals surface area contributed by atoms with Crippen LogP contribution in [0, 0.1) is 5.92 Å². The summed E-state index contributed by atoms with van der Waals surface area (Å²) in [5, 5.41) is 0. The number of rotatable bonds is 3. The van der Waals surface area contributed by atoms with Crippen LogP contribution in [-0.2, 0) is 16.6 Å². The van der Waals surface area contributed by atoms with Gasteiger partial charge in [-0.25, -0.2) is 0 Å². The quantitative estimate of drug-likeness (QED) is 0.603. The third-order valence-corrected chi connectivity index (χ3v) is 4.29. The van der Waals surface area contributed by atoms with Crippen LogP contribution in [0.3, 0.4) is 0 Å². The van der Waals surface area contributed by atoms with Gasteiger partial charge in [-0.1, -0.05) is 6.58 Å². The van der Waals surface area contributed by atoms with Gasteiger partial charge in [0, 0.05) is 36.7 Å². The second kappa shape index (κ2) is 7.45. The van der Waals surface area contributed by atoms with Gasteiger partial charge in [0.05, 0.1) is 0 Å². The minimum atomic E-state index is -0.383. The number of aryl methyl sites for hydroxylation is 1. The van der Waals surface area contributed by atoms with Gasteiger partial charge in [-0.15, -0.1) is 0 Å². The van der Waals surface area contributed by atoms with Crippen molar-refractivity contribution in [1.29, 1.82) is 0 Å². The average Bonchev–Trinajstić information content (AvgIpc) is 2.90. The number of amides is 3. The fourth-order valence-electron chi connectivity index (χ4n) is 2.53. The number of halogens is 1. The molecular formula is C15H19BrN4O3. The molecule has 0 bridgehead atoms. The van der Waals surface area contributed by atoms with E-state index in [1.807, 2.05) is 0 Å². The van der Waals surface area contributed by atoms with Gasteiger partial charge in [-0.05, 0) is 40.9 Å². The largest absolute Gasteiger partial charge is 0.345 e. The first-order valence-electron chi connectivity index (χ1n) is 7.25. The molecule has 2 N–H and O–H groups in total. The van der Waals surface area contributed by atoms with Crippen molar-refractivity contribution >= 4 is 33.7 Å². The summed E-state index contributed by atoms with van der Waals surface area (Å²) in [6.07, 6.45) is 4.16. The lowest BCUT2D eigenvalue weighted by Gasteiger charge is -2.30. The van der Waals surface area contributed by atoms with Crippen LogP contribution < -0.4 is 10.9 Å². The molecular weight excluding hydrogens is 364 g/mol. The molecule has 1 aliphatic rings. The average molecular weight is 383 g/mol. The number of hydrogen-bond donors (Lipinski definition) is 2. The fraction of sp³-hybridized carbons (Fsp3) is 0.400. The normalized spacial score (nSPS) is 15.1. The van der Waals surface area contributed by atoms with Gasteiger partial charge in [0.1, 0.15) is 5.69 Å². The van der Waals surface area contributed by atoms with E-state index in [0.29, 0.717) is 31.6 Å². The maximum Gasteiger partial charge on any atom is 0.286 e. The van der Waals surface area contributed by atoms with Crippen LogP contribution >= 0.6 is 15.9 Å². The summed E-state index contributed by atoms with van der Waals surface area (Å²) in [7, 11) is 1.74. The van der Waals surface area contributed by atoms with Crippen molar-refractivity contribution in [3.05, 3.63) is 35.1 Å². The van der Waals surface area contributed by atoms with Crippen molar-refractivity contribution in [3.8, 4) is 0 Å². The Morgan fingerprint density at radius 2 is 1.96 bits per heavy atom. The van der Waals surface area contributed by atoms with Gasteiger partial charge in [-0.3, -0.25) is 25.2 Å². The maximum absolute atomic E-state index is 12.1. The maximum atomic E-state index is 12.1. The molecule has 7 nitrogen and oxygen atoms in total. The van der Waals surface area contributed by atoms with Crippen molar-refractivity contribution in [2.45, 2.75) is 12.8 Å². The zero-order chi connectivity index (χ0) is 17.0. The molecule has 8 heteroatoms. The van der Waals surface area contributed by atoms with Crippen molar-refractivity contribution in [2.24, 2.45) is 13.0 Å². The first kappa shape index (κ1) is 17.3. The molecule has 2 heterocycles. The van der Waals surface area contributed by atoms with Crippen LogP contribution in [0.1, 0.15) is 23.3 Å². The van der Waals surface area contributed by atoms with Crippen LogP contribution in [0.4, 0.5) is 0 Å². The Morgan fingerprint density at radius 3 is 2.48 bits per heavy atom. The van der Waals surface area contributed by atoms with E-state index in [0.717, 1.165) is 4.47 Å². The third-order valence-electron chi connectivity index (χ3n) is 3.86. The molecule has 1 aromatic heterocycles.